The number of hydrogen-bond donors (Lipinski definition) is 1. The summed E-state index contributed by atoms with van der Waals surface area (Å²) >= 11 is 0. The van der Waals surface area contributed by atoms with E-state index in [-0.39, 0.29) is 0 Å². The minimum absolute atomic E-state index is 0.441. The van der Waals surface area contributed by atoms with Crippen LogP contribution in [0.15, 0.2) is 18.2 Å². The fourth-order valence-corrected chi connectivity index (χ4v) is 2.50. The van der Waals surface area contributed by atoms with Gasteiger partial charge in [-0.15, -0.1) is 0 Å². The maximum Gasteiger partial charge on any atom is 0.123 e. The molecule has 0 atom stereocenters. The van der Waals surface area contributed by atoms with Crippen molar-refractivity contribution in [1.82, 2.24) is 4.90 Å². The molecule has 0 aromatic heterocycles. The number of likely N-dealkylation sites (tertiary alicyclic amines) is 1. The maximum absolute atomic E-state index is 5.42. The number of nitrogens with two attached hydrogens (primary N) is 1. The highest BCUT2D eigenvalue weighted by Crippen LogP contribution is 2.23. The molecular weight excluding hydrogens is 228 g/mol. The second-order valence-corrected chi connectivity index (χ2v) is 4.79. The zero-order valence-corrected chi connectivity index (χ0v) is 11.0. The van der Waals surface area contributed by atoms with E-state index < -0.39 is 0 Å². The number of ether oxygens (including phenoxy) is 1. The number of nitrogens with zero attached hydrogens (tertiary/aromatic N) is 1. The molecule has 0 saturated carbocycles. The Morgan fingerprint density at radius 3 is 2.67 bits per heavy atom. The predicted octanol–water partition coefficient (Wildman–Crippen LogP) is 2.07. The van der Waals surface area contributed by atoms with Crippen LogP contribution in [0, 0.1) is 0 Å². The van der Waals surface area contributed by atoms with Crippen LogP contribution in [-0.4, -0.2) is 25.1 Å². The van der Waals surface area contributed by atoms with Gasteiger partial charge >= 0.3 is 0 Å². The molecule has 1 aromatic rings. The van der Waals surface area contributed by atoms with Gasteiger partial charge in [0.2, 0.25) is 0 Å². The Bertz CT molecular complexity index is 376. The van der Waals surface area contributed by atoms with Gasteiger partial charge in [0.05, 0.1) is 13.7 Å². The molecule has 1 fully saturated rings. The minimum Gasteiger partial charge on any atom is -0.496 e. The van der Waals surface area contributed by atoms with E-state index in [1.165, 1.54) is 37.9 Å². The third-order valence-corrected chi connectivity index (χ3v) is 3.44. The standard InChI is InChI=1S/C14H22N2O2/c1-17-14-6-5-12(11-18-15)9-13(14)10-16-7-3-2-4-8-16/h5-6,9H,2-4,7-8,10-11,15H2,1H3. The molecule has 1 heterocycles. The summed E-state index contributed by atoms with van der Waals surface area (Å²) in [6.45, 7) is 3.75. The van der Waals surface area contributed by atoms with Crippen molar-refractivity contribution in [2.75, 3.05) is 20.2 Å². The number of rotatable bonds is 5. The van der Waals surface area contributed by atoms with Gasteiger partial charge in [-0.3, -0.25) is 9.74 Å². The van der Waals surface area contributed by atoms with E-state index in [4.69, 9.17) is 15.5 Å². The fourth-order valence-electron chi connectivity index (χ4n) is 2.50. The average Bonchev–Trinajstić information content (AvgIpc) is 2.41. The van der Waals surface area contributed by atoms with Crippen LogP contribution in [0.1, 0.15) is 30.4 Å². The second-order valence-electron chi connectivity index (χ2n) is 4.79. The fraction of sp³-hybridized carbons (Fsp3) is 0.571. The molecule has 100 valence electrons. The van der Waals surface area contributed by atoms with Crippen LogP contribution in [0.25, 0.3) is 0 Å². The Kier molecular flexibility index (Phi) is 4.99. The van der Waals surface area contributed by atoms with E-state index in [9.17, 15) is 0 Å². The highest BCUT2D eigenvalue weighted by atomic mass is 16.6. The lowest BCUT2D eigenvalue weighted by atomic mass is 10.1. The van der Waals surface area contributed by atoms with Gasteiger partial charge in [0.1, 0.15) is 5.75 Å². The number of benzene rings is 1. The summed E-state index contributed by atoms with van der Waals surface area (Å²) in [4.78, 5) is 7.17. The number of piperidine rings is 1. The molecule has 0 radical (unpaired) electrons. The molecule has 2 rings (SSSR count). The van der Waals surface area contributed by atoms with Crippen LogP contribution in [0.5, 0.6) is 5.75 Å². The largest absolute Gasteiger partial charge is 0.496 e. The molecule has 0 aliphatic carbocycles. The van der Waals surface area contributed by atoms with Crippen LogP contribution in [-0.2, 0) is 18.0 Å². The summed E-state index contributed by atoms with van der Waals surface area (Å²) in [6.07, 6.45) is 3.95. The van der Waals surface area contributed by atoms with E-state index in [0.717, 1.165) is 17.9 Å². The van der Waals surface area contributed by atoms with Gasteiger partial charge in [0.25, 0.3) is 0 Å². The molecule has 1 aliphatic heterocycles. The first-order valence-electron chi connectivity index (χ1n) is 6.53. The zero-order chi connectivity index (χ0) is 12.8. The Labute approximate surface area is 109 Å². The summed E-state index contributed by atoms with van der Waals surface area (Å²) < 4.78 is 5.42. The second kappa shape index (κ2) is 6.73. The smallest absolute Gasteiger partial charge is 0.123 e. The van der Waals surface area contributed by atoms with E-state index in [2.05, 4.69) is 11.0 Å². The molecule has 0 unspecified atom stereocenters. The summed E-state index contributed by atoms with van der Waals surface area (Å²) in [5.41, 5.74) is 2.30. The maximum atomic E-state index is 5.42. The third kappa shape index (κ3) is 3.45. The van der Waals surface area contributed by atoms with Crippen LogP contribution in [0.3, 0.4) is 0 Å². The van der Waals surface area contributed by atoms with Gasteiger partial charge in [-0.25, -0.2) is 5.90 Å². The highest BCUT2D eigenvalue weighted by molar-refractivity contribution is 5.37. The lowest BCUT2D eigenvalue weighted by Crippen LogP contribution is -2.29. The quantitative estimate of drug-likeness (QED) is 0.813. The SMILES string of the molecule is COc1ccc(CON)cc1CN1CCCCC1. The van der Waals surface area contributed by atoms with Crippen LogP contribution in [0.2, 0.25) is 0 Å². The molecule has 18 heavy (non-hydrogen) atoms. The summed E-state index contributed by atoms with van der Waals surface area (Å²) in [5.74, 6) is 6.07. The van der Waals surface area contributed by atoms with Crippen LogP contribution < -0.4 is 10.6 Å². The highest BCUT2D eigenvalue weighted by Gasteiger charge is 2.13. The molecule has 0 amide bonds. The van der Waals surface area contributed by atoms with Gasteiger partial charge in [-0.2, -0.15) is 0 Å². The molecule has 4 heteroatoms. The Morgan fingerprint density at radius 2 is 2.00 bits per heavy atom. The lowest BCUT2D eigenvalue weighted by molar-refractivity contribution is 0.124. The van der Waals surface area contributed by atoms with Crippen LogP contribution in [0.4, 0.5) is 0 Å². The number of methoxy groups -OCH3 is 1. The van der Waals surface area contributed by atoms with E-state index in [1.54, 1.807) is 7.11 Å². The molecule has 1 saturated heterocycles. The Morgan fingerprint density at radius 1 is 1.22 bits per heavy atom. The van der Waals surface area contributed by atoms with Gasteiger partial charge in [-0.1, -0.05) is 12.5 Å². The third-order valence-electron chi connectivity index (χ3n) is 3.44. The lowest BCUT2D eigenvalue weighted by Gasteiger charge is -2.27. The van der Waals surface area contributed by atoms with E-state index >= 15 is 0 Å². The first kappa shape index (κ1) is 13.3. The molecule has 1 aromatic carbocycles. The van der Waals surface area contributed by atoms with Gasteiger partial charge in [0, 0.05) is 12.1 Å². The van der Waals surface area contributed by atoms with Gasteiger partial charge in [0.15, 0.2) is 0 Å². The Hall–Kier alpha value is -1.10. The van der Waals surface area contributed by atoms with Crippen molar-refractivity contribution < 1.29 is 9.57 Å². The van der Waals surface area contributed by atoms with Crippen molar-refractivity contribution in [2.45, 2.75) is 32.4 Å². The van der Waals surface area contributed by atoms with Gasteiger partial charge < -0.3 is 4.74 Å². The first-order chi connectivity index (χ1) is 8.83. The zero-order valence-electron chi connectivity index (χ0n) is 11.0. The summed E-state index contributed by atoms with van der Waals surface area (Å²) in [7, 11) is 1.72. The monoisotopic (exact) mass is 250 g/mol. The number of hydrogen-bond acceptors (Lipinski definition) is 4. The molecule has 1 aliphatic rings. The predicted molar refractivity (Wildman–Crippen MR) is 71.1 cm³/mol. The van der Waals surface area contributed by atoms with Crippen molar-refractivity contribution in [3.05, 3.63) is 29.3 Å². The molecule has 4 nitrogen and oxygen atoms in total. The normalized spacial score (nSPS) is 16.8. The average molecular weight is 250 g/mol. The molecule has 2 N–H and O–H groups in total. The van der Waals surface area contributed by atoms with Crippen molar-refractivity contribution in [3.8, 4) is 5.75 Å². The summed E-state index contributed by atoms with van der Waals surface area (Å²) in [5, 5.41) is 0. The van der Waals surface area contributed by atoms with Crippen molar-refractivity contribution in [3.63, 3.8) is 0 Å². The Balaban J connectivity index is 2.09. The molecule has 0 bridgehead atoms. The van der Waals surface area contributed by atoms with Gasteiger partial charge in [-0.05, 0) is 43.6 Å². The van der Waals surface area contributed by atoms with Crippen molar-refractivity contribution in [2.24, 2.45) is 5.90 Å². The van der Waals surface area contributed by atoms with Crippen molar-refractivity contribution >= 4 is 0 Å². The molecular formula is C14H22N2O2. The van der Waals surface area contributed by atoms with Crippen LogP contribution >= 0.6 is 0 Å². The summed E-state index contributed by atoms with van der Waals surface area (Å²) in [6, 6.07) is 6.11. The van der Waals surface area contributed by atoms with E-state index in [1.807, 2.05) is 12.1 Å². The topological polar surface area (TPSA) is 47.7 Å². The van der Waals surface area contributed by atoms with E-state index in [0.29, 0.717) is 6.61 Å². The minimum atomic E-state index is 0.441. The van der Waals surface area contributed by atoms with Crippen molar-refractivity contribution in [1.29, 1.82) is 0 Å². The first-order valence-corrected chi connectivity index (χ1v) is 6.53. The molecule has 0 spiro atoms.